The summed E-state index contributed by atoms with van der Waals surface area (Å²) in [6.07, 6.45) is 0.518. The Labute approximate surface area is 180 Å². The van der Waals surface area contributed by atoms with Gasteiger partial charge in [-0.1, -0.05) is 50.2 Å². The third kappa shape index (κ3) is 6.90. The van der Waals surface area contributed by atoms with E-state index in [9.17, 15) is 9.59 Å². The highest BCUT2D eigenvalue weighted by Crippen LogP contribution is 2.27. The summed E-state index contributed by atoms with van der Waals surface area (Å²) in [4.78, 5) is 27.9. The first kappa shape index (κ1) is 23.5. The predicted octanol–water partition coefficient (Wildman–Crippen LogP) is 5.09. The Kier molecular flexibility index (Phi) is 8.04. The maximum Gasteiger partial charge on any atom is 0.329 e. The van der Waals surface area contributed by atoms with Crippen LogP contribution < -0.4 is 10.2 Å². The van der Waals surface area contributed by atoms with Crippen LogP contribution in [0, 0.1) is 5.92 Å². The third-order valence-corrected chi connectivity index (χ3v) is 4.55. The van der Waals surface area contributed by atoms with E-state index in [-0.39, 0.29) is 11.8 Å². The van der Waals surface area contributed by atoms with Crippen molar-refractivity contribution >= 4 is 23.3 Å². The highest BCUT2D eigenvalue weighted by molar-refractivity contribution is 5.91. The van der Waals surface area contributed by atoms with Gasteiger partial charge < -0.3 is 15.0 Å². The molecule has 2 aromatic rings. The number of para-hydroxylation sites is 2. The van der Waals surface area contributed by atoms with Gasteiger partial charge >= 0.3 is 5.97 Å². The molecule has 2 aromatic carbocycles. The van der Waals surface area contributed by atoms with Gasteiger partial charge in [-0.25, -0.2) is 4.79 Å². The molecule has 5 heteroatoms. The lowest BCUT2D eigenvalue weighted by atomic mass is 9.97. The lowest BCUT2D eigenvalue weighted by Crippen LogP contribution is -2.51. The minimum absolute atomic E-state index is 0.223. The Morgan fingerprint density at radius 3 is 1.77 bits per heavy atom. The molecule has 0 radical (unpaired) electrons. The monoisotopic (exact) mass is 409 g/mol. The van der Waals surface area contributed by atoms with Crippen molar-refractivity contribution in [1.82, 2.24) is 5.32 Å². The second kappa shape index (κ2) is 10.3. The number of amides is 1. The number of nitrogens with zero attached hydrogens (tertiary/aromatic N) is 1. The molecule has 162 valence electrons. The van der Waals surface area contributed by atoms with Crippen LogP contribution in [0.25, 0.3) is 0 Å². The summed E-state index contributed by atoms with van der Waals surface area (Å²) in [6.45, 7) is 11.4. The Bertz CT molecular complexity index is 774. The molecule has 2 atom stereocenters. The van der Waals surface area contributed by atoms with Crippen LogP contribution in [0.4, 0.5) is 11.4 Å². The molecule has 0 aliphatic heterocycles. The number of carbonyl (C=O) groups excluding carboxylic acids is 2. The highest BCUT2D eigenvalue weighted by Gasteiger charge is 2.31. The number of anilines is 2. The zero-order valence-corrected chi connectivity index (χ0v) is 18.9. The molecule has 5 nitrogen and oxygen atoms in total. The molecular formula is C25H34N2O3. The van der Waals surface area contributed by atoms with Gasteiger partial charge in [0.25, 0.3) is 0 Å². The third-order valence-electron chi connectivity index (χ3n) is 4.55. The topological polar surface area (TPSA) is 58.6 Å². The van der Waals surface area contributed by atoms with Crippen molar-refractivity contribution in [1.29, 1.82) is 0 Å². The zero-order valence-electron chi connectivity index (χ0n) is 18.9. The van der Waals surface area contributed by atoms with Crippen molar-refractivity contribution in [2.45, 2.75) is 65.6 Å². The zero-order chi connectivity index (χ0) is 22.3. The summed E-state index contributed by atoms with van der Waals surface area (Å²) in [7, 11) is 0. The van der Waals surface area contributed by atoms with Crippen LogP contribution >= 0.6 is 0 Å². The smallest absolute Gasteiger partial charge is 0.329 e. The molecule has 0 heterocycles. The number of benzene rings is 2. The van der Waals surface area contributed by atoms with Gasteiger partial charge in [-0.05, 0) is 64.3 Å². The van der Waals surface area contributed by atoms with Gasteiger partial charge in [0.15, 0.2) is 0 Å². The van der Waals surface area contributed by atoms with Gasteiger partial charge in [-0.15, -0.1) is 0 Å². The van der Waals surface area contributed by atoms with Crippen LogP contribution in [-0.4, -0.2) is 29.6 Å². The molecule has 1 N–H and O–H groups in total. The van der Waals surface area contributed by atoms with E-state index in [4.69, 9.17) is 4.74 Å². The van der Waals surface area contributed by atoms with Crippen LogP contribution in [0.15, 0.2) is 60.7 Å². The fourth-order valence-corrected chi connectivity index (χ4v) is 3.24. The first-order chi connectivity index (χ1) is 14.1. The second-order valence-electron chi connectivity index (χ2n) is 8.94. The maximum absolute atomic E-state index is 13.2. The molecule has 0 saturated heterocycles. The van der Waals surface area contributed by atoms with Gasteiger partial charge in [0.1, 0.15) is 17.7 Å². The molecule has 0 unspecified atom stereocenters. The molecule has 1 amide bonds. The summed E-state index contributed by atoms with van der Waals surface area (Å²) in [5, 5.41) is 2.94. The van der Waals surface area contributed by atoms with Crippen molar-refractivity contribution in [3.05, 3.63) is 60.7 Å². The van der Waals surface area contributed by atoms with Crippen LogP contribution in [0.2, 0.25) is 0 Å². The molecule has 0 aliphatic carbocycles. The van der Waals surface area contributed by atoms with E-state index >= 15 is 0 Å². The Balaban J connectivity index is 2.27. The van der Waals surface area contributed by atoms with E-state index in [0.29, 0.717) is 6.42 Å². The Morgan fingerprint density at radius 1 is 0.900 bits per heavy atom. The minimum Gasteiger partial charge on any atom is -0.458 e. The van der Waals surface area contributed by atoms with E-state index < -0.39 is 23.7 Å². The van der Waals surface area contributed by atoms with E-state index in [0.717, 1.165) is 11.4 Å². The first-order valence-electron chi connectivity index (χ1n) is 10.5. The van der Waals surface area contributed by atoms with Crippen molar-refractivity contribution in [3.8, 4) is 0 Å². The van der Waals surface area contributed by atoms with Crippen LogP contribution in [0.1, 0.15) is 48.0 Å². The normalized spacial score (nSPS) is 13.4. The fraction of sp³-hybridized carbons (Fsp3) is 0.440. The van der Waals surface area contributed by atoms with Gasteiger partial charge in [0.05, 0.1) is 0 Å². The van der Waals surface area contributed by atoms with Crippen LogP contribution in [-0.2, 0) is 14.3 Å². The van der Waals surface area contributed by atoms with Gasteiger partial charge in [0, 0.05) is 11.4 Å². The molecule has 0 fully saturated rings. The lowest BCUT2D eigenvalue weighted by Gasteiger charge is -2.32. The molecule has 30 heavy (non-hydrogen) atoms. The number of esters is 1. The van der Waals surface area contributed by atoms with Gasteiger partial charge in [0.2, 0.25) is 5.91 Å². The quantitative estimate of drug-likeness (QED) is 0.617. The van der Waals surface area contributed by atoms with E-state index in [1.165, 1.54) is 0 Å². The SMILES string of the molecule is CC(C)C[C@H](NC(=O)[C@@H]([11CH3])N(c1ccccc1)c1ccccc1)C(=O)OC(C)(C)C. The Hall–Kier alpha value is -2.82. The van der Waals surface area contributed by atoms with E-state index in [2.05, 4.69) is 5.32 Å². The fourth-order valence-electron chi connectivity index (χ4n) is 3.24. The summed E-state index contributed by atoms with van der Waals surface area (Å²) < 4.78 is 5.54. The number of hydrogen-bond acceptors (Lipinski definition) is 4. The largest absolute Gasteiger partial charge is 0.458 e. The number of nitrogens with one attached hydrogen (secondary N) is 1. The van der Waals surface area contributed by atoms with Crippen LogP contribution in [0.5, 0.6) is 0 Å². The second-order valence-corrected chi connectivity index (χ2v) is 8.94. The average Bonchev–Trinajstić information content (AvgIpc) is 2.67. The van der Waals surface area contributed by atoms with Crippen LogP contribution in [0.3, 0.4) is 0 Å². The average molecular weight is 410 g/mol. The molecule has 0 aliphatic rings. The molecule has 2 rings (SSSR count). The highest BCUT2D eigenvalue weighted by atomic mass is 16.6. The lowest BCUT2D eigenvalue weighted by molar-refractivity contribution is -0.159. The minimum atomic E-state index is -0.687. The number of rotatable bonds is 8. The van der Waals surface area contributed by atoms with Crippen molar-refractivity contribution in [2.75, 3.05) is 4.90 Å². The summed E-state index contributed by atoms with van der Waals surface area (Å²) in [6, 6.07) is 18.3. The van der Waals surface area contributed by atoms with E-state index in [1.54, 1.807) is 0 Å². The molecule has 0 aromatic heterocycles. The molecule has 0 spiro atoms. The molecule has 0 bridgehead atoms. The number of ether oxygens (including phenoxy) is 1. The standard InChI is InChI=1S/C25H34N2O3/c1-18(2)17-22(24(29)30-25(4,5)6)26-23(28)19(3)27(20-13-9-7-10-14-20)21-15-11-8-12-16-21/h7-16,18-19,22H,17H2,1-6H3,(H,26,28)/t19-,22+/m1/s1/i3-1. The summed E-state index contributed by atoms with van der Waals surface area (Å²) in [5.41, 5.74) is 1.20. The maximum atomic E-state index is 13.2. The molecular weight excluding hydrogens is 375 g/mol. The number of hydrogen-bond donors (Lipinski definition) is 1. The predicted molar refractivity (Wildman–Crippen MR) is 122 cm³/mol. The van der Waals surface area contributed by atoms with Gasteiger partial charge in [-0.2, -0.15) is 0 Å². The number of carbonyl (C=O) groups is 2. The summed E-state index contributed by atoms with van der Waals surface area (Å²) in [5.74, 6) is -0.389. The molecule has 0 saturated carbocycles. The summed E-state index contributed by atoms with van der Waals surface area (Å²) >= 11 is 0. The van der Waals surface area contributed by atoms with Gasteiger partial charge in [-0.3, -0.25) is 4.79 Å². The van der Waals surface area contributed by atoms with Crippen molar-refractivity contribution in [3.63, 3.8) is 0 Å². The van der Waals surface area contributed by atoms with Crippen molar-refractivity contribution < 1.29 is 14.3 Å². The first-order valence-corrected chi connectivity index (χ1v) is 10.5. The Morgan fingerprint density at radius 2 is 1.37 bits per heavy atom. The van der Waals surface area contributed by atoms with Crippen molar-refractivity contribution in [2.24, 2.45) is 5.92 Å². The van der Waals surface area contributed by atoms with E-state index in [1.807, 2.05) is 107 Å².